The van der Waals surface area contributed by atoms with Gasteiger partial charge in [0.2, 0.25) is 0 Å². The highest BCUT2D eigenvalue weighted by Gasteiger charge is 2.56. The molecule has 0 amide bonds. The third-order valence-electron chi connectivity index (χ3n) is 11.1. The number of aliphatic hydroxyl groups is 3. The van der Waals surface area contributed by atoms with E-state index in [-0.39, 0.29) is 12.8 Å². The molecule has 0 spiro atoms. The number of hydrogen-bond acceptors (Lipinski definition) is 14. The molecule has 1 rings (SSSR count). The molecule has 22 heteroatoms. The number of unbranched alkanes of at least 4 members (excludes halogenated alkanes) is 18. The zero-order valence-corrected chi connectivity index (χ0v) is 43.6. The topological polar surface area (TPSA) is 303 Å². The van der Waals surface area contributed by atoms with E-state index in [1.165, 1.54) is 83.5 Å². The number of phosphoric acid groups is 3. The lowest BCUT2D eigenvalue weighted by Crippen LogP contribution is -2.65. The number of esters is 2. The molecule has 0 saturated heterocycles. The van der Waals surface area contributed by atoms with Crippen LogP contribution in [0, 0.1) is 0 Å². The van der Waals surface area contributed by atoms with Crippen molar-refractivity contribution in [3.8, 4) is 0 Å². The van der Waals surface area contributed by atoms with Crippen LogP contribution >= 0.6 is 23.5 Å². The highest BCUT2D eigenvalue weighted by molar-refractivity contribution is 7.47. The van der Waals surface area contributed by atoms with Crippen LogP contribution in [0.15, 0.2) is 48.6 Å². The van der Waals surface area contributed by atoms with Crippen LogP contribution in [0.1, 0.15) is 181 Å². The number of rotatable bonds is 42. The van der Waals surface area contributed by atoms with Gasteiger partial charge in [-0.2, -0.15) is 0 Å². The van der Waals surface area contributed by atoms with Gasteiger partial charge in [0.05, 0.1) is 6.61 Å². The van der Waals surface area contributed by atoms with E-state index in [1.54, 1.807) is 0 Å². The highest BCUT2D eigenvalue weighted by atomic mass is 31.2. The second-order valence-corrected chi connectivity index (χ2v) is 21.2. The number of aliphatic hydroxyl groups excluding tert-OH is 3. The van der Waals surface area contributed by atoms with E-state index in [9.17, 15) is 63.1 Å². The normalized spacial score (nSPS) is 21.7. The highest BCUT2D eigenvalue weighted by Crippen LogP contribution is 2.51. The summed E-state index contributed by atoms with van der Waals surface area (Å²) in [6, 6.07) is 0. The van der Waals surface area contributed by atoms with Crippen LogP contribution in [0.4, 0.5) is 0 Å². The molecule has 0 aliphatic heterocycles. The lowest BCUT2D eigenvalue weighted by molar-refractivity contribution is -0.213. The Morgan fingerprint density at radius 3 is 1.33 bits per heavy atom. The van der Waals surface area contributed by atoms with E-state index >= 15 is 0 Å². The molecule has 0 heterocycles. The van der Waals surface area contributed by atoms with Gasteiger partial charge in [-0.05, 0) is 51.4 Å². The Morgan fingerprint density at radius 2 is 0.855 bits per heavy atom. The maximum Gasteiger partial charge on any atom is 0.472 e. The maximum atomic E-state index is 13.1. The first-order chi connectivity index (χ1) is 32.8. The average Bonchev–Trinajstić information content (AvgIpc) is 3.28. The molecule has 8 N–H and O–H groups in total. The van der Waals surface area contributed by atoms with Gasteiger partial charge in [-0.15, -0.1) is 0 Å². The summed E-state index contributed by atoms with van der Waals surface area (Å²) >= 11 is 0. The van der Waals surface area contributed by atoms with Crippen LogP contribution in [0.2, 0.25) is 0 Å². The molecule has 69 heavy (non-hydrogen) atoms. The monoisotopic (exact) mass is 1050 g/mol. The smallest absolute Gasteiger partial charge is 0.462 e. The van der Waals surface area contributed by atoms with Gasteiger partial charge in [-0.1, -0.05) is 165 Å². The van der Waals surface area contributed by atoms with Gasteiger partial charge in [0.25, 0.3) is 0 Å². The molecule has 19 nitrogen and oxygen atoms in total. The van der Waals surface area contributed by atoms with Crippen molar-refractivity contribution in [3.63, 3.8) is 0 Å². The molecule has 0 bridgehead atoms. The number of allylic oxidation sites excluding steroid dienone is 8. The van der Waals surface area contributed by atoms with Crippen molar-refractivity contribution in [3.05, 3.63) is 48.6 Å². The van der Waals surface area contributed by atoms with E-state index in [2.05, 4.69) is 53.3 Å². The minimum Gasteiger partial charge on any atom is -0.462 e. The molecular formula is C47H85O19P3. The first-order valence-corrected chi connectivity index (χ1v) is 29.5. The summed E-state index contributed by atoms with van der Waals surface area (Å²) in [6.07, 6.45) is 25.6. The molecule has 1 aliphatic carbocycles. The summed E-state index contributed by atoms with van der Waals surface area (Å²) in [5.74, 6) is -1.36. The van der Waals surface area contributed by atoms with Crippen LogP contribution < -0.4 is 0 Å². The Bertz CT molecular complexity index is 1630. The van der Waals surface area contributed by atoms with Crippen LogP contribution in [0.5, 0.6) is 0 Å². The summed E-state index contributed by atoms with van der Waals surface area (Å²) in [5, 5.41) is 31.9. The second-order valence-electron chi connectivity index (χ2n) is 17.4. The lowest BCUT2D eigenvalue weighted by Gasteiger charge is -2.44. The van der Waals surface area contributed by atoms with Gasteiger partial charge < -0.3 is 49.3 Å². The van der Waals surface area contributed by atoms with Crippen molar-refractivity contribution in [2.45, 2.75) is 224 Å². The van der Waals surface area contributed by atoms with Gasteiger partial charge in [0.1, 0.15) is 43.2 Å². The van der Waals surface area contributed by atoms with Crippen molar-refractivity contribution in [1.82, 2.24) is 0 Å². The Kier molecular flexibility index (Phi) is 36.5. The van der Waals surface area contributed by atoms with Crippen LogP contribution in [0.25, 0.3) is 0 Å². The predicted octanol–water partition coefficient (Wildman–Crippen LogP) is 9.40. The summed E-state index contributed by atoms with van der Waals surface area (Å²) in [6.45, 7) is 2.88. The zero-order chi connectivity index (χ0) is 51.4. The quantitative estimate of drug-likeness (QED) is 0.0122. The standard InChI is InChI=1S/C47H85O19P3/c1-3-5-7-9-11-13-15-17-19-20-22-24-26-28-30-32-34-36-41(49)63-39(37-61-40(48)35-33-31-29-27-25-23-21-18-16-14-12-10-8-6-4-2)38-62-69(59,60)66-45-42(50)43(51)46(64-67(53,54)55)47(44(45)52)65-68(56,57)58/h11,13,17,19,22,24,28,30,39,42-47,50-52H,3-10,12,14-16,18,20-21,23,25-27,29,31-38H2,1-2H3,(H,59,60)(H2,53,54,55)(H2,56,57,58)/b13-11-,19-17-,24-22-,30-28-/t39-,42-,43-,44-,45+,46+,47+/m1/s1. The molecule has 402 valence electrons. The Morgan fingerprint density at radius 1 is 0.464 bits per heavy atom. The molecule has 1 aliphatic rings. The summed E-state index contributed by atoms with van der Waals surface area (Å²) in [4.78, 5) is 73.3. The lowest BCUT2D eigenvalue weighted by atomic mass is 9.85. The third kappa shape index (κ3) is 35.0. The van der Waals surface area contributed by atoms with Crippen molar-refractivity contribution in [1.29, 1.82) is 0 Å². The van der Waals surface area contributed by atoms with Crippen molar-refractivity contribution in [2.24, 2.45) is 0 Å². The molecule has 1 saturated carbocycles. The number of phosphoric ester groups is 3. The van der Waals surface area contributed by atoms with Gasteiger partial charge in [-0.25, -0.2) is 13.7 Å². The van der Waals surface area contributed by atoms with Crippen molar-refractivity contribution in [2.75, 3.05) is 13.2 Å². The van der Waals surface area contributed by atoms with Gasteiger partial charge >= 0.3 is 35.4 Å². The number of ether oxygens (including phenoxy) is 2. The second kappa shape index (κ2) is 38.7. The molecule has 0 aromatic heterocycles. The molecule has 0 radical (unpaired) electrons. The fourth-order valence-corrected chi connectivity index (χ4v) is 9.50. The molecule has 0 aromatic rings. The number of carbonyl (C=O) groups is 2. The van der Waals surface area contributed by atoms with Gasteiger partial charge in [0, 0.05) is 12.8 Å². The van der Waals surface area contributed by atoms with Crippen LogP contribution in [-0.4, -0.2) is 108 Å². The Labute approximate surface area is 410 Å². The molecule has 0 aromatic carbocycles. The Balaban J connectivity index is 2.75. The molecular weight excluding hydrogens is 961 g/mol. The predicted molar refractivity (Wildman–Crippen MR) is 261 cm³/mol. The molecule has 1 fully saturated rings. The SMILES string of the molecule is CCCCC/C=C\C/C=C\C/C=C\C/C=C\CCCC(=O)O[C@H](COC(=O)CCCCCCCCCCCCCCCCC)COP(=O)(O)O[C@H]1[C@H](O)[C@@H](O)[C@H](OP(=O)(O)O)[C@@H](OP(=O)(O)O)[C@@H]1O. The van der Waals surface area contributed by atoms with E-state index in [1.807, 2.05) is 18.2 Å². The molecule has 1 unspecified atom stereocenters. The number of hydrogen-bond donors (Lipinski definition) is 8. The van der Waals surface area contributed by atoms with E-state index in [0.29, 0.717) is 25.7 Å². The van der Waals surface area contributed by atoms with E-state index in [4.69, 9.17) is 18.5 Å². The molecule has 8 atom stereocenters. The minimum absolute atomic E-state index is 0.0703. The van der Waals surface area contributed by atoms with Crippen LogP contribution in [-0.2, 0) is 50.9 Å². The van der Waals surface area contributed by atoms with Crippen LogP contribution in [0.3, 0.4) is 0 Å². The fraction of sp³-hybridized carbons (Fsp3) is 0.787. The summed E-state index contributed by atoms with van der Waals surface area (Å²) < 4.78 is 65.5. The first-order valence-electron chi connectivity index (χ1n) is 24.9. The third-order valence-corrected chi connectivity index (χ3v) is 13.2. The maximum absolute atomic E-state index is 13.1. The summed E-state index contributed by atoms with van der Waals surface area (Å²) in [7, 11) is -16.6. The largest absolute Gasteiger partial charge is 0.472 e. The van der Waals surface area contributed by atoms with E-state index in [0.717, 1.165) is 44.9 Å². The fourth-order valence-electron chi connectivity index (χ4n) is 7.40. The van der Waals surface area contributed by atoms with Gasteiger partial charge in [-0.3, -0.25) is 27.7 Å². The minimum atomic E-state index is -5.61. The van der Waals surface area contributed by atoms with Crippen molar-refractivity contribution < 1.29 is 90.6 Å². The Hall–Kier alpha value is -1.89. The summed E-state index contributed by atoms with van der Waals surface area (Å²) in [5.41, 5.74) is 0. The zero-order valence-electron chi connectivity index (χ0n) is 40.9. The van der Waals surface area contributed by atoms with E-state index < -0.39 is 91.3 Å². The first kappa shape index (κ1) is 65.1. The average molecular weight is 1050 g/mol. The van der Waals surface area contributed by atoms with Gasteiger partial charge in [0.15, 0.2) is 6.10 Å². The number of carbonyl (C=O) groups excluding carboxylic acids is 2. The van der Waals surface area contributed by atoms with Crippen molar-refractivity contribution >= 4 is 35.4 Å².